The number of ether oxygens (including phenoxy) is 1. The molecule has 0 radical (unpaired) electrons. The molecule has 0 bridgehead atoms. The van der Waals surface area contributed by atoms with Crippen LogP contribution in [0.15, 0.2) is 18.6 Å². The van der Waals surface area contributed by atoms with E-state index in [-0.39, 0.29) is 24.7 Å². The van der Waals surface area contributed by atoms with E-state index in [0.29, 0.717) is 13.1 Å². The molecule has 1 aliphatic heterocycles. The number of carbonyl (C=O) groups is 1. The second kappa shape index (κ2) is 6.87. The number of amides is 1. The standard InChI is InChI=1S/C17H25N5O3/c1-17(2,3)25-16(24)22-7-11(9-23)6-12(8-22)21-15-13-4-5-18-14(13)19-10-20-15/h4-5,10-12,23H,6-9H2,1-3H3,(H2,18,19,20,21)/t11-,12+/m0/s1. The summed E-state index contributed by atoms with van der Waals surface area (Å²) in [6.07, 6.45) is 3.71. The number of aromatic amines is 1. The van der Waals surface area contributed by atoms with E-state index in [0.717, 1.165) is 23.3 Å². The van der Waals surface area contributed by atoms with Gasteiger partial charge in [0.05, 0.1) is 5.39 Å². The van der Waals surface area contributed by atoms with E-state index in [1.54, 1.807) is 4.90 Å². The lowest BCUT2D eigenvalue weighted by Crippen LogP contribution is -2.51. The number of carbonyl (C=O) groups excluding carboxylic acids is 1. The molecule has 2 atom stereocenters. The average Bonchev–Trinajstić information content (AvgIpc) is 3.02. The maximum Gasteiger partial charge on any atom is 0.410 e. The molecule has 1 amide bonds. The van der Waals surface area contributed by atoms with Crippen LogP contribution in [0.1, 0.15) is 27.2 Å². The van der Waals surface area contributed by atoms with E-state index in [1.165, 1.54) is 6.33 Å². The number of hydrogen-bond donors (Lipinski definition) is 3. The van der Waals surface area contributed by atoms with E-state index < -0.39 is 5.60 Å². The Morgan fingerprint density at radius 3 is 2.96 bits per heavy atom. The number of hydrogen-bond acceptors (Lipinski definition) is 6. The van der Waals surface area contributed by atoms with Gasteiger partial charge in [0.1, 0.15) is 23.4 Å². The minimum absolute atomic E-state index is 0.00215. The lowest BCUT2D eigenvalue weighted by Gasteiger charge is -2.38. The minimum atomic E-state index is -0.546. The summed E-state index contributed by atoms with van der Waals surface area (Å²) in [7, 11) is 0. The van der Waals surface area contributed by atoms with Crippen LogP contribution in [0.25, 0.3) is 11.0 Å². The normalized spacial score (nSPS) is 21.4. The van der Waals surface area contributed by atoms with Crippen LogP contribution in [0.4, 0.5) is 10.6 Å². The number of likely N-dealkylation sites (tertiary alicyclic amines) is 1. The highest BCUT2D eigenvalue weighted by Gasteiger charge is 2.32. The Kier molecular flexibility index (Phi) is 4.80. The van der Waals surface area contributed by atoms with Gasteiger partial charge in [0.25, 0.3) is 0 Å². The molecule has 1 aliphatic rings. The van der Waals surface area contributed by atoms with Gasteiger partial charge in [-0.05, 0) is 33.3 Å². The molecule has 8 heteroatoms. The lowest BCUT2D eigenvalue weighted by atomic mass is 9.95. The zero-order valence-corrected chi connectivity index (χ0v) is 14.8. The van der Waals surface area contributed by atoms with Crippen LogP contribution in [-0.4, -0.2) is 62.4 Å². The molecule has 3 rings (SSSR count). The molecule has 136 valence electrons. The third kappa shape index (κ3) is 4.19. The topological polar surface area (TPSA) is 103 Å². The number of rotatable bonds is 3. The number of aliphatic hydroxyl groups excluding tert-OH is 1. The zero-order chi connectivity index (χ0) is 18.0. The summed E-state index contributed by atoms with van der Waals surface area (Å²) >= 11 is 0. The number of aliphatic hydroxyl groups is 1. The molecule has 0 unspecified atom stereocenters. The van der Waals surface area contributed by atoms with Crippen LogP contribution in [0.5, 0.6) is 0 Å². The third-order valence-corrected chi connectivity index (χ3v) is 4.14. The molecule has 25 heavy (non-hydrogen) atoms. The molecule has 0 aliphatic carbocycles. The summed E-state index contributed by atoms with van der Waals surface area (Å²) < 4.78 is 5.47. The number of nitrogens with one attached hydrogen (secondary N) is 2. The van der Waals surface area contributed by atoms with Crippen LogP contribution in [-0.2, 0) is 4.74 Å². The SMILES string of the molecule is CC(C)(C)OC(=O)N1C[C@@H](CO)C[C@@H](Nc2ncnc3[nH]ccc23)C1. The summed E-state index contributed by atoms with van der Waals surface area (Å²) in [4.78, 5) is 25.6. The Morgan fingerprint density at radius 1 is 1.44 bits per heavy atom. The fourth-order valence-electron chi connectivity index (χ4n) is 3.10. The summed E-state index contributed by atoms with van der Waals surface area (Å²) in [6.45, 7) is 6.56. The largest absolute Gasteiger partial charge is 0.444 e. The Labute approximate surface area is 146 Å². The first-order chi connectivity index (χ1) is 11.9. The van der Waals surface area contributed by atoms with E-state index in [2.05, 4.69) is 20.3 Å². The number of anilines is 1. The van der Waals surface area contributed by atoms with E-state index in [1.807, 2.05) is 33.0 Å². The first-order valence-electron chi connectivity index (χ1n) is 8.49. The molecule has 2 aromatic heterocycles. The molecule has 8 nitrogen and oxygen atoms in total. The van der Waals surface area contributed by atoms with Gasteiger partial charge >= 0.3 is 6.09 Å². The number of piperidine rings is 1. The Bertz CT molecular complexity index is 739. The van der Waals surface area contributed by atoms with Crippen molar-refractivity contribution in [3.8, 4) is 0 Å². The monoisotopic (exact) mass is 347 g/mol. The molecule has 0 aromatic carbocycles. The summed E-state index contributed by atoms with van der Waals surface area (Å²) in [5.74, 6) is 0.723. The molecule has 3 N–H and O–H groups in total. The van der Waals surface area contributed by atoms with E-state index in [4.69, 9.17) is 4.74 Å². The molecule has 3 heterocycles. The third-order valence-electron chi connectivity index (χ3n) is 4.14. The van der Waals surface area contributed by atoms with Gasteiger partial charge in [-0.3, -0.25) is 0 Å². The second-order valence-electron chi connectivity index (χ2n) is 7.47. The van der Waals surface area contributed by atoms with Crippen LogP contribution in [0.3, 0.4) is 0 Å². The molecule has 0 saturated carbocycles. The number of fused-ring (bicyclic) bond motifs is 1. The van der Waals surface area contributed by atoms with Crippen molar-refractivity contribution in [2.45, 2.75) is 38.8 Å². The highest BCUT2D eigenvalue weighted by Crippen LogP contribution is 2.24. The van der Waals surface area contributed by atoms with Gasteiger partial charge < -0.3 is 25.0 Å². The van der Waals surface area contributed by atoms with Crippen molar-refractivity contribution in [2.24, 2.45) is 5.92 Å². The van der Waals surface area contributed by atoms with Gasteiger partial charge in [-0.25, -0.2) is 14.8 Å². The van der Waals surface area contributed by atoms with Crippen molar-refractivity contribution in [3.05, 3.63) is 18.6 Å². The average molecular weight is 347 g/mol. The van der Waals surface area contributed by atoms with E-state index >= 15 is 0 Å². The number of nitrogens with zero attached hydrogens (tertiary/aromatic N) is 3. The van der Waals surface area contributed by atoms with Gasteiger partial charge in [-0.2, -0.15) is 0 Å². The van der Waals surface area contributed by atoms with Gasteiger partial charge in [0.15, 0.2) is 0 Å². The molecule has 1 fully saturated rings. The molecule has 1 saturated heterocycles. The highest BCUT2D eigenvalue weighted by molar-refractivity contribution is 5.86. The highest BCUT2D eigenvalue weighted by atomic mass is 16.6. The summed E-state index contributed by atoms with van der Waals surface area (Å²) in [6, 6.07) is 1.89. The summed E-state index contributed by atoms with van der Waals surface area (Å²) in [5.41, 5.74) is 0.215. The zero-order valence-electron chi connectivity index (χ0n) is 14.8. The fourth-order valence-corrected chi connectivity index (χ4v) is 3.10. The van der Waals surface area contributed by atoms with Gasteiger partial charge in [0, 0.05) is 37.9 Å². The molecule has 2 aromatic rings. The van der Waals surface area contributed by atoms with Gasteiger partial charge in [-0.1, -0.05) is 0 Å². The van der Waals surface area contributed by atoms with Crippen LogP contribution < -0.4 is 5.32 Å². The van der Waals surface area contributed by atoms with Crippen molar-refractivity contribution in [1.29, 1.82) is 0 Å². The lowest BCUT2D eigenvalue weighted by molar-refractivity contribution is 0.0116. The van der Waals surface area contributed by atoms with Crippen LogP contribution in [0.2, 0.25) is 0 Å². The Balaban J connectivity index is 1.74. The van der Waals surface area contributed by atoms with Gasteiger partial charge in [-0.15, -0.1) is 0 Å². The smallest absolute Gasteiger partial charge is 0.410 e. The van der Waals surface area contributed by atoms with Crippen molar-refractivity contribution < 1.29 is 14.6 Å². The molecular weight excluding hydrogens is 322 g/mol. The minimum Gasteiger partial charge on any atom is -0.444 e. The maximum atomic E-state index is 12.4. The first-order valence-corrected chi connectivity index (χ1v) is 8.49. The summed E-state index contributed by atoms with van der Waals surface area (Å²) in [5, 5.41) is 13.9. The molecular formula is C17H25N5O3. The van der Waals surface area contributed by atoms with Crippen molar-refractivity contribution in [1.82, 2.24) is 19.9 Å². The van der Waals surface area contributed by atoms with E-state index in [9.17, 15) is 9.90 Å². The number of aromatic nitrogens is 3. The predicted octanol–water partition coefficient (Wildman–Crippen LogP) is 1.99. The fraction of sp³-hybridized carbons (Fsp3) is 0.588. The van der Waals surface area contributed by atoms with Crippen molar-refractivity contribution >= 4 is 22.9 Å². The first kappa shape index (κ1) is 17.5. The predicted molar refractivity (Wildman–Crippen MR) is 94.3 cm³/mol. The van der Waals surface area contributed by atoms with Crippen molar-refractivity contribution in [2.75, 3.05) is 25.0 Å². The second-order valence-corrected chi connectivity index (χ2v) is 7.47. The Hall–Kier alpha value is -2.35. The van der Waals surface area contributed by atoms with Crippen LogP contribution >= 0.6 is 0 Å². The quantitative estimate of drug-likeness (QED) is 0.784. The van der Waals surface area contributed by atoms with Crippen molar-refractivity contribution in [3.63, 3.8) is 0 Å². The maximum absolute atomic E-state index is 12.4. The number of H-pyrrole nitrogens is 1. The Morgan fingerprint density at radius 2 is 2.24 bits per heavy atom. The van der Waals surface area contributed by atoms with Gasteiger partial charge in [0.2, 0.25) is 0 Å². The molecule has 0 spiro atoms. The van der Waals surface area contributed by atoms with Crippen LogP contribution in [0, 0.1) is 5.92 Å².